The Bertz CT molecular complexity index is 1810. The molecule has 7 N–H and O–H groups in total. The average Bonchev–Trinajstić information content (AvgIpc) is 3.35. The summed E-state index contributed by atoms with van der Waals surface area (Å²) in [5.41, 5.74) is -0.830. The highest BCUT2D eigenvalue weighted by Gasteiger charge is 2.50. The van der Waals surface area contributed by atoms with E-state index in [4.69, 9.17) is 18.9 Å². The molecule has 0 radical (unpaired) electrons. The number of hydrogen-bond acceptors (Lipinski definition) is 13. The Morgan fingerprint density at radius 2 is 1.53 bits per heavy atom. The number of carbonyl (C=O) groups is 3. The Labute approximate surface area is 295 Å². The number of esters is 1. The predicted molar refractivity (Wildman–Crippen MR) is 185 cm³/mol. The van der Waals surface area contributed by atoms with Crippen LogP contribution in [0, 0.1) is 30.6 Å². The SMILES string of the molecule is CO[C@H]1C=CO[C@@]2(C)Oc3c(C)c(O)c4c(O)c(c(O)c(O)c4c3C2=O)NC(=O)/C(C)=C\C=C/[C@H](C)[C@H](O)[C@@H](C)[C@@H](O)[C@@H](C)[C@H](OC(C)=O)[C@@H]1C. The van der Waals surface area contributed by atoms with Gasteiger partial charge in [-0.25, -0.2) is 0 Å². The highest BCUT2D eigenvalue weighted by Crippen LogP contribution is 2.57. The zero-order chi connectivity index (χ0) is 38.3. The predicted octanol–water partition coefficient (Wildman–Crippen LogP) is 4.46. The molecule has 0 unspecified atom stereocenters. The van der Waals surface area contributed by atoms with Crippen molar-refractivity contribution in [2.24, 2.45) is 23.7 Å². The van der Waals surface area contributed by atoms with Crippen LogP contribution in [0.5, 0.6) is 28.7 Å². The number of Topliss-reactive ketones (excluding diaryl/α,β-unsaturated/α-hetero) is 1. The molecule has 0 aromatic heterocycles. The molecule has 3 aliphatic heterocycles. The van der Waals surface area contributed by atoms with Gasteiger partial charge in [-0.2, -0.15) is 0 Å². The molecule has 0 fully saturated rings. The molecule has 2 aromatic rings. The minimum absolute atomic E-state index is 0.00255. The maximum absolute atomic E-state index is 14.0. The van der Waals surface area contributed by atoms with Crippen LogP contribution in [0.15, 0.2) is 36.1 Å². The third-order valence-corrected chi connectivity index (χ3v) is 9.97. The second kappa shape index (κ2) is 14.8. The maximum atomic E-state index is 14.0. The van der Waals surface area contributed by atoms with Crippen molar-refractivity contribution in [1.29, 1.82) is 0 Å². The van der Waals surface area contributed by atoms with Gasteiger partial charge in [0.05, 0.1) is 35.5 Å². The number of ether oxygens (including phenoxy) is 4. The molecule has 5 bridgehead atoms. The number of fused-ring (bicyclic) bond motifs is 14. The first kappa shape index (κ1) is 39.0. The Kier molecular flexibility index (Phi) is 11.3. The molecule has 9 atom stereocenters. The number of amides is 1. The van der Waals surface area contributed by atoms with Crippen LogP contribution in [0.3, 0.4) is 0 Å². The van der Waals surface area contributed by atoms with E-state index in [1.807, 2.05) is 0 Å². The van der Waals surface area contributed by atoms with E-state index in [9.17, 15) is 45.0 Å². The van der Waals surface area contributed by atoms with E-state index >= 15 is 0 Å². The summed E-state index contributed by atoms with van der Waals surface area (Å²) in [6.45, 7) is 12.2. The second-order valence-electron chi connectivity index (χ2n) is 13.6. The lowest BCUT2D eigenvalue weighted by Gasteiger charge is -2.38. The van der Waals surface area contributed by atoms with Gasteiger partial charge in [0.25, 0.3) is 11.7 Å². The Morgan fingerprint density at radius 1 is 0.882 bits per heavy atom. The first-order valence-corrected chi connectivity index (χ1v) is 16.6. The van der Waals surface area contributed by atoms with Crippen molar-refractivity contribution >= 4 is 34.1 Å². The van der Waals surface area contributed by atoms with Gasteiger partial charge in [-0.15, -0.1) is 0 Å². The maximum Gasteiger partial charge on any atom is 0.312 e. The van der Waals surface area contributed by atoms with Crippen molar-refractivity contribution in [3.8, 4) is 28.7 Å². The highest BCUT2D eigenvalue weighted by atomic mass is 16.7. The Balaban J connectivity index is 1.90. The number of anilines is 1. The number of ketones is 1. The van der Waals surface area contributed by atoms with Crippen LogP contribution in [0.4, 0.5) is 5.69 Å². The number of methoxy groups -OCH3 is 1. The van der Waals surface area contributed by atoms with Crippen molar-refractivity contribution in [3.63, 3.8) is 0 Å². The topological polar surface area (TPSA) is 222 Å². The lowest BCUT2D eigenvalue weighted by Crippen LogP contribution is -2.46. The summed E-state index contributed by atoms with van der Waals surface area (Å²) in [5, 5.41) is 68.6. The summed E-state index contributed by atoms with van der Waals surface area (Å²) >= 11 is 0. The summed E-state index contributed by atoms with van der Waals surface area (Å²) in [6.07, 6.45) is 3.25. The fourth-order valence-corrected chi connectivity index (χ4v) is 6.71. The van der Waals surface area contributed by atoms with Crippen LogP contribution < -0.4 is 10.1 Å². The lowest BCUT2D eigenvalue weighted by molar-refractivity contribution is -0.160. The molecule has 14 heteroatoms. The van der Waals surface area contributed by atoms with Crippen molar-refractivity contribution in [2.75, 3.05) is 12.4 Å². The van der Waals surface area contributed by atoms with Crippen LogP contribution >= 0.6 is 0 Å². The van der Waals surface area contributed by atoms with Gasteiger partial charge < -0.3 is 54.9 Å². The van der Waals surface area contributed by atoms with Crippen molar-refractivity contribution in [2.45, 2.75) is 85.6 Å². The quantitative estimate of drug-likeness (QED) is 0.130. The number of hydrogen-bond donors (Lipinski definition) is 7. The van der Waals surface area contributed by atoms with Crippen LogP contribution in [-0.2, 0) is 23.8 Å². The van der Waals surface area contributed by atoms with E-state index in [1.54, 1.807) is 33.8 Å². The number of aliphatic hydroxyl groups is 2. The Morgan fingerprint density at radius 3 is 2.14 bits per heavy atom. The van der Waals surface area contributed by atoms with Gasteiger partial charge in [-0.05, 0) is 19.9 Å². The molecule has 278 valence electrons. The monoisotopic (exact) mass is 713 g/mol. The number of benzene rings is 2. The first-order valence-electron chi connectivity index (χ1n) is 16.6. The summed E-state index contributed by atoms with van der Waals surface area (Å²) in [4.78, 5) is 39.3. The van der Waals surface area contributed by atoms with Gasteiger partial charge in [0, 0.05) is 61.2 Å². The van der Waals surface area contributed by atoms with Gasteiger partial charge >= 0.3 is 11.8 Å². The molecule has 51 heavy (non-hydrogen) atoms. The van der Waals surface area contributed by atoms with Gasteiger partial charge in [0.2, 0.25) is 0 Å². The molecule has 14 nitrogen and oxygen atoms in total. The van der Waals surface area contributed by atoms with Crippen LogP contribution in [0.25, 0.3) is 10.8 Å². The standard InChI is InChI=1S/C37H47NO13/c1-15-11-10-12-16(2)36(47)38-26-30(43)24-23(31(44)32(26)45)25-34(20(6)29(24)42)51-37(8,35(25)46)49-14-13-22(48-9)17(3)33(50-21(7)39)19(5)28(41)18(4)27(15)40/h10-15,17-19,22,27-28,33,40-45H,1-9H3,(H,38,47)/b11-10-,14-13?,16-12-/t15-,17+,18+,19+,22-,27-,28+,33+,37-/m0/s1. The zero-order valence-corrected chi connectivity index (χ0v) is 30.0. The fourth-order valence-electron chi connectivity index (χ4n) is 6.71. The second-order valence-corrected chi connectivity index (χ2v) is 13.6. The van der Waals surface area contributed by atoms with Gasteiger partial charge in [-0.1, -0.05) is 45.9 Å². The number of phenols is 4. The van der Waals surface area contributed by atoms with E-state index in [1.165, 1.54) is 53.0 Å². The molecule has 2 aromatic carbocycles. The van der Waals surface area contributed by atoms with E-state index in [0.29, 0.717) is 0 Å². The number of aliphatic hydroxyl groups excluding tert-OH is 2. The molecule has 0 aliphatic carbocycles. The van der Waals surface area contributed by atoms with Gasteiger partial charge in [0.1, 0.15) is 23.3 Å². The highest BCUT2D eigenvalue weighted by molar-refractivity contribution is 6.22. The zero-order valence-electron chi connectivity index (χ0n) is 30.0. The van der Waals surface area contributed by atoms with E-state index < -0.39 is 111 Å². The van der Waals surface area contributed by atoms with Crippen molar-refractivity contribution in [1.82, 2.24) is 0 Å². The van der Waals surface area contributed by atoms with E-state index in [-0.39, 0.29) is 22.4 Å². The largest absolute Gasteiger partial charge is 0.507 e. The molecular weight excluding hydrogens is 666 g/mol. The smallest absolute Gasteiger partial charge is 0.312 e. The minimum Gasteiger partial charge on any atom is -0.507 e. The number of nitrogens with one attached hydrogen (secondary N) is 1. The summed E-state index contributed by atoms with van der Waals surface area (Å²) < 4.78 is 23.1. The molecule has 3 aliphatic rings. The normalized spacial score (nSPS) is 32.2. The summed E-state index contributed by atoms with van der Waals surface area (Å²) in [5.74, 6) is -10.3. The number of rotatable bonds is 2. The molecule has 0 saturated heterocycles. The number of carbonyl (C=O) groups excluding carboxylic acids is 3. The van der Waals surface area contributed by atoms with E-state index in [0.717, 1.165) is 6.26 Å². The van der Waals surface area contributed by atoms with Gasteiger partial charge in [-0.3, -0.25) is 14.4 Å². The molecule has 5 rings (SSSR count). The molecule has 0 saturated carbocycles. The molecule has 3 heterocycles. The third-order valence-electron chi connectivity index (χ3n) is 9.97. The van der Waals surface area contributed by atoms with Crippen LogP contribution in [-0.4, -0.2) is 85.6 Å². The number of allylic oxidation sites excluding steroid dienone is 2. The van der Waals surface area contributed by atoms with Crippen molar-refractivity contribution < 1.29 is 64.0 Å². The number of phenolic OH excluding ortho intramolecular Hbond substituents is 4. The Hall–Kier alpha value is -4.79. The van der Waals surface area contributed by atoms with Crippen LogP contribution in [0.2, 0.25) is 0 Å². The fraction of sp³-hybridized carbons (Fsp3) is 0.486. The molecule has 0 spiro atoms. The summed E-state index contributed by atoms with van der Waals surface area (Å²) in [7, 11) is 1.41. The third kappa shape index (κ3) is 7.08. The number of aromatic hydroxyl groups is 4. The van der Waals surface area contributed by atoms with Crippen LogP contribution in [0.1, 0.15) is 64.4 Å². The average molecular weight is 714 g/mol. The molecule has 1 amide bonds. The van der Waals surface area contributed by atoms with E-state index in [2.05, 4.69) is 5.32 Å². The lowest BCUT2D eigenvalue weighted by atomic mass is 9.78. The van der Waals surface area contributed by atoms with Crippen molar-refractivity contribution in [3.05, 3.63) is 47.3 Å². The first-order chi connectivity index (χ1) is 23.8. The van der Waals surface area contributed by atoms with Gasteiger partial charge in [0.15, 0.2) is 17.2 Å². The summed E-state index contributed by atoms with van der Waals surface area (Å²) in [6, 6.07) is 0. The minimum atomic E-state index is -2.07. The molecular formula is C37H47NO13.